The first-order valence-corrected chi connectivity index (χ1v) is 5.01. The van der Waals surface area contributed by atoms with Crippen molar-refractivity contribution >= 4 is 11.6 Å². The fraction of sp³-hybridized carbons (Fsp3) is 0.250. The van der Waals surface area contributed by atoms with Crippen LogP contribution in [0.25, 0.3) is 0 Å². The smallest absolute Gasteiger partial charge is 0.250 e. The third kappa shape index (κ3) is 2.24. The van der Waals surface area contributed by atoms with Crippen LogP contribution in [0.3, 0.4) is 0 Å². The van der Waals surface area contributed by atoms with Gasteiger partial charge in [0.25, 0.3) is 5.91 Å². The van der Waals surface area contributed by atoms with Crippen LogP contribution in [0.2, 0.25) is 0 Å². The molecule has 0 bridgehead atoms. The van der Waals surface area contributed by atoms with Gasteiger partial charge < -0.3 is 4.90 Å². The Morgan fingerprint density at radius 2 is 1.93 bits per heavy atom. The second-order valence-electron chi connectivity index (χ2n) is 3.51. The molecule has 2 nitrogen and oxygen atoms in total. The van der Waals surface area contributed by atoms with Crippen LogP contribution in [0.4, 0.5) is 10.1 Å². The maximum Gasteiger partial charge on any atom is 0.250 e. The molecular formula is C12H12FNO. The number of nitrogens with zero attached hydrogens (tertiary/aromatic N) is 1. The zero-order valence-corrected chi connectivity index (χ0v) is 8.32. The van der Waals surface area contributed by atoms with Gasteiger partial charge in [-0.15, -0.1) is 0 Å². The predicted molar refractivity (Wildman–Crippen MR) is 57.1 cm³/mol. The highest BCUT2D eigenvalue weighted by atomic mass is 19.1. The summed E-state index contributed by atoms with van der Waals surface area (Å²) in [6, 6.07) is 6.01. The predicted octanol–water partition coefficient (Wildman–Crippen LogP) is 2.51. The summed E-state index contributed by atoms with van der Waals surface area (Å²) >= 11 is 0. The molecule has 0 fully saturated rings. The monoisotopic (exact) mass is 205 g/mol. The lowest BCUT2D eigenvalue weighted by Gasteiger charge is -2.19. The molecule has 1 aromatic carbocycles. The zero-order chi connectivity index (χ0) is 10.7. The van der Waals surface area contributed by atoms with E-state index in [9.17, 15) is 9.18 Å². The van der Waals surface area contributed by atoms with Gasteiger partial charge in [-0.25, -0.2) is 4.39 Å². The normalized spacial score (nSPS) is 16.6. The highest BCUT2D eigenvalue weighted by molar-refractivity contribution is 6.01. The van der Waals surface area contributed by atoms with Crippen molar-refractivity contribution in [2.45, 2.75) is 12.8 Å². The third-order valence-electron chi connectivity index (χ3n) is 2.42. The van der Waals surface area contributed by atoms with Crippen LogP contribution in [0.5, 0.6) is 0 Å². The molecule has 0 N–H and O–H groups in total. The summed E-state index contributed by atoms with van der Waals surface area (Å²) < 4.78 is 12.7. The summed E-state index contributed by atoms with van der Waals surface area (Å²) in [6.07, 6.45) is 5.32. The molecule has 0 saturated heterocycles. The molecule has 2 rings (SSSR count). The van der Waals surface area contributed by atoms with Crippen LogP contribution < -0.4 is 4.90 Å². The van der Waals surface area contributed by atoms with Gasteiger partial charge in [0, 0.05) is 12.2 Å². The minimum absolute atomic E-state index is 0.0286. The van der Waals surface area contributed by atoms with Crippen molar-refractivity contribution in [3.8, 4) is 0 Å². The topological polar surface area (TPSA) is 20.3 Å². The van der Waals surface area contributed by atoms with Gasteiger partial charge in [-0.1, -0.05) is 6.08 Å². The Balaban J connectivity index is 2.25. The van der Waals surface area contributed by atoms with E-state index < -0.39 is 0 Å². The van der Waals surface area contributed by atoms with Crippen LogP contribution >= 0.6 is 0 Å². The lowest BCUT2D eigenvalue weighted by molar-refractivity contribution is -0.114. The number of amides is 1. The Morgan fingerprint density at radius 1 is 1.20 bits per heavy atom. The number of carbonyl (C=O) groups is 1. The zero-order valence-electron chi connectivity index (χ0n) is 8.32. The van der Waals surface area contributed by atoms with E-state index in [0.29, 0.717) is 6.54 Å². The molecule has 1 amide bonds. The van der Waals surface area contributed by atoms with Crippen LogP contribution in [-0.4, -0.2) is 12.5 Å². The van der Waals surface area contributed by atoms with Gasteiger partial charge >= 0.3 is 0 Å². The van der Waals surface area contributed by atoms with Crippen LogP contribution in [0, 0.1) is 5.82 Å². The van der Waals surface area contributed by atoms with Crippen molar-refractivity contribution in [1.82, 2.24) is 0 Å². The molecule has 78 valence electrons. The number of allylic oxidation sites excluding steroid dienone is 1. The van der Waals surface area contributed by atoms with Crippen LogP contribution in [0.15, 0.2) is 36.4 Å². The fourth-order valence-corrected chi connectivity index (χ4v) is 1.63. The average Bonchev–Trinajstić information content (AvgIpc) is 2.44. The summed E-state index contributed by atoms with van der Waals surface area (Å²) in [6.45, 7) is 0.692. The van der Waals surface area contributed by atoms with Crippen molar-refractivity contribution in [2.24, 2.45) is 0 Å². The van der Waals surface area contributed by atoms with Crippen molar-refractivity contribution in [3.05, 3.63) is 42.2 Å². The number of benzene rings is 1. The van der Waals surface area contributed by atoms with Crippen LogP contribution in [-0.2, 0) is 4.79 Å². The van der Waals surface area contributed by atoms with Gasteiger partial charge in [-0.3, -0.25) is 4.79 Å². The number of anilines is 1. The highest BCUT2D eigenvalue weighted by Crippen LogP contribution is 2.17. The number of hydrogen-bond donors (Lipinski definition) is 0. The molecule has 0 atom stereocenters. The Kier molecular flexibility index (Phi) is 2.81. The fourth-order valence-electron chi connectivity index (χ4n) is 1.63. The molecule has 0 saturated carbocycles. The van der Waals surface area contributed by atoms with E-state index in [1.165, 1.54) is 12.1 Å². The lowest BCUT2D eigenvalue weighted by Crippen LogP contribution is -2.29. The lowest BCUT2D eigenvalue weighted by atomic mass is 10.2. The first kappa shape index (κ1) is 9.90. The maximum absolute atomic E-state index is 12.7. The molecular weight excluding hydrogens is 193 g/mol. The van der Waals surface area contributed by atoms with Gasteiger partial charge in [0.15, 0.2) is 0 Å². The van der Waals surface area contributed by atoms with E-state index in [-0.39, 0.29) is 11.7 Å². The van der Waals surface area contributed by atoms with E-state index in [2.05, 4.69) is 0 Å². The van der Waals surface area contributed by atoms with E-state index >= 15 is 0 Å². The number of rotatable bonds is 1. The second kappa shape index (κ2) is 4.26. The second-order valence-corrected chi connectivity index (χ2v) is 3.51. The molecule has 15 heavy (non-hydrogen) atoms. The third-order valence-corrected chi connectivity index (χ3v) is 2.42. The Bertz CT molecular complexity index is 383. The largest absolute Gasteiger partial charge is 0.309 e. The standard InChI is InChI=1S/C12H12FNO/c13-10-5-7-11(8-6-10)14-9-3-1-2-4-12(14)15/h2,4-8H,1,3,9H2. The Hall–Kier alpha value is -1.64. The first-order valence-electron chi connectivity index (χ1n) is 5.01. The van der Waals surface area contributed by atoms with Gasteiger partial charge in [0.05, 0.1) is 0 Å². The van der Waals surface area contributed by atoms with Gasteiger partial charge in [-0.05, 0) is 43.2 Å². The highest BCUT2D eigenvalue weighted by Gasteiger charge is 2.14. The maximum atomic E-state index is 12.7. The summed E-state index contributed by atoms with van der Waals surface area (Å²) in [5.74, 6) is -0.310. The van der Waals surface area contributed by atoms with Crippen molar-refractivity contribution in [3.63, 3.8) is 0 Å². The van der Waals surface area contributed by atoms with E-state index in [0.717, 1.165) is 18.5 Å². The average molecular weight is 205 g/mol. The number of hydrogen-bond acceptors (Lipinski definition) is 1. The molecule has 0 unspecified atom stereocenters. The quantitative estimate of drug-likeness (QED) is 0.689. The van der Waals surface area contributed by atoms with Crippen molar-refractivity contribution < 1.29 is 9.18 Å². The number of halogens is 1. The van der Waals surface area contributed by atoms with Gasteiger partial charge in [-0.2, -0.15) is 0 Å². The molecule has 0 spiro atoms. The van der Waals surface area contributed by atoms with Gasteiger partial charge in [0.2, 0.25) is 0 Å². The van der Waals surface area contributed by atoms with Crippen molar-refractivity contribution in [1.29, 1.82) is 0 Å². The molecule has 1 heterocycles. The minimum atomic E-state index is -0.281. The minimum Gasteiger partial charge on any atom is -0.309 e. The SMILES string of the molecule is O=C1C=CCCCN1c1ccc(F)cc1. The molecule has 1 aliphatic heterocycles. The van der Waals surface area contributed by atoms with E-state index in [1.807, 2.05) is 6.08 Å². The molecule has 1 aliphatic rings. The molecule has 0 radical (unpaired) electrons. The van der Waals surface area contributed by atoms with Crippen molar-refractivity contribution in [2.75, 3.05) is 11.4 Å². The van der Waals surface area contributed by atoms with Gasteiger partial charge in [0.1, 0.15) is 5.82 Å². The van der Waals surface area contributed by atoms with Crippen LogP contribution in [0.1, 0.15) is 12.8 Å². The molecule has 1 aromatic rings. The van der Waals surface area contributed by atoms with E-state index in [4.69, 9.17) is 0 Å². The Morgan fingerprint density at radius 3 is 2.67 bits per heavy atom. The molecule has 0 aliphatic carbocycles. The first-order chi connectivity index (χ1) is 7.27. The van der Waals surface area contributed by atoms with E-state index in [1.54, 1.807) is 23.1 Å². The molecule has 3 heteroatoms. The molecule has 0 aromatic heterocycles. The summed E-state index contributed by atoms with van der Waals surface area (Å²) in [4.78, 5) is 13.3. The summed E-state index contributed by atoms with van der Waals surface area (Å²) in [7, 11) is 0. The summed E-state index contributed by atoms with van der Waals surface area (Å²) in [5, 5.41) is 0. The summed E-state index contributed by atoms with van der Waals surface area (Å²) in [5.41, 5.74) is 0.757. The Labute approximate surface area is 88.0 Å². The number of carbonyl (C=O) groups excluding carboxylic acids is 1.